The molecular formula is C24H24Al2F6O12. The first-order valence-corrected chi connectivity index (χ1v) is 14.3. The quantitative estimate of drug-likeness (QED) is 0.0664. The van der Waals surface area contributed by atoms with Crippen LogP contribution in [0.2, 0.25) is 0 Å². The molecule has 0 heterocycles. The lowest BCUT2D eigenvalue weighted by molar-refractivity contribution is -0.125. The molecule has 0 unspecified atom stereocenters. The molecule has 240 valence electrons. The first-order valence-electron chi connectivity index (χ1n) is 11.5. The van der Waals surface area contributed by atoms with E-state index in [-0.39, 0.29) is 34.6 Å². The first kappa shape index (κ1) is 42.0. The van der Waals surface area contributed by atoms with Gasteiger partial charge >= 0.3 is 66.5 Å². The van der Waals surface area contributed by atoms with Gasteiger partial charge in [-0.1, -0.05) is 0 Å². The molecule has 0 aliphatic rings. The van der Waals surface area contributed by atoms with Crippen molar-refractivity contribution in [2.75, 3.05) is 0 Å². The number of hydrogen-bond donors (Lipinski definition) is 0. The third kappa shape index (κ3) is 26.8. The summed E-state index contributed by atoms with van der Waals surface area (Å²) in [7, 11) is 0. The Balaban J connectivity index is 0. The molecule has 0 atom stereocenters. The van der Waals surface area contributed by atoms with Crippen LogP contribution in [0.5, 0.6) is 0 Å². The maximum atomic E-state index is 12.2. The van der Waals surface area contributed by atoms with Gasteiger partial charge in [-0.05, 0) is 41.5 Å². The minimum Gasteiger partial charge on any atom is -0.580 e. The van der Waals surface area contributed by atoms with Crippen LogP contribution in [0.3, 0.4) is 0 Å². The molecule has 0 aromatic rings. The number of carbonyl (C=O) groups excluding carboxylic acids is 6. The van der Waals surface area contributed by atoms with Crippen LogP contribution in [0.15, 0.2) is 71.0 Å². The van der Waals surface area contributed by atoms with Crippen molar-refractivity contribution in [1.82, 2.24) is 0 Å². The van der Waals surface area contributed by atoms with Crippen LogP contribution >= 0.6 is 0 Å². The molecule has 0 saturated heterocycles. The van der Waals surface area contributed by atoms with Crippen molar-refractivity contribution in [3.05, 3.63) is 71.0 Å². The van der Waals surface area contributed by atoms with Crippen LogP contribution in [-0.4, -0.2) is 66.5 Å². The van der Waals surface area contributed by atoms with Crippen LogP contribution in [0.25, 0.3) is 0 Å². The molecule has 0 aromatic heterocycles. The monoisotopic (exact) mass is 672 g/mol. The largest absolute Gasteiger partial charge is 1.20 e. The van der Waals surface area contributed by atoms with Crippen molar-refractivity contribution >= 4 is 66.5 Å². The molecule has 0 aliphatic carbocycles. The molecule has 0 spiro atoms. The summed E-state index contributed by atoms with van der Waals surface area (Å²) in [6, 6.07) is -10.7. The molecule has 12 nitrogen and oxygen atoms in total. The van der Waals surface area contributed by atoms with E-state index in [1.807, 2.05) is 0 Å². The highest BCUT2D eigenvalue weighted by atomic mass is 27.3. The van der Waals surface area contributed by atoms with Crippen molar-refractivity contribution in [2.24, 2.45) is 0 Å². The van der Waals surface area contributed by atoms with E-state index in [1.54, 1.807) is 0 Å². The molecule has 44 heavy (non-hydrogen) atoms. The van der Waals surface area contributed by atoms with E-state index in [4.69, 9.17) is 22.7 Å². The Hall–Kier alpha value is -4.10. The minimum absolute atomic E-state index is 0.220. The van der Waals surface area contributed by atoms with E-state index in [1.165, 1.54) is 41.5 Å². The van der Waals surface area contributed by atoms with E-state index in [9.17, 15) is 55.1 Å². The fourth-order valence-corrected chi connectivity index (χ4v) is 4.74. The van der Waals surface area contributed by atoms with E-state index >= 15 is 0 Å². The Bertz CT molecular complexity index is 1030. The number of rotatable bonds is 18. The van der Waals surface area contributed by atoms with Gasteiger partial charge in [0.05, 0.1) is 34.6 Å². The van der Waals surface area contributed by atoms with Gasteiger partial charge in [0.2, 0.25) is 0 Å². The van der Waals surface area contributed by atoms with Crippen LogP contribution in [0.1, 0.15) is 41.5 Å². The highest BCUT2D eigenvalue weighted by molar-refractivity contribution is 6.38. The van der Waals surface area contributed by atoms with Crippen molar-refractivity contribution < 1.29 is 77.8 Å². The zero-order chi connectivity index (χ0) is 34.6. The Morgan fingerprint density at radius 2 is 0.455 bits per heavy atom. The van der Waals surface area contributed by atoms with Gasteiger partial charge in [-0.2, -0.15) is 26.3 Å². The molecule has 0 rings (SSSR count). The number of carbonyl (C=O) groups is 6. The normalized spacial score (nSPS) is 12.5. The summed E-state index contributed by atoms with van der Waals surface area (Å²) in [6.45, 7) is 7.27. The van der Waals surface area contributed by atoms with Gasteiger partial charge in [0.15, 0.2) is 0 Å². The van der Waals surface area contributed by atoms with E-state index in [0.717, 1.165) is 0 Å². The lowest BCUT2D eigenvalue weighted by Gasteiger charge is -2.16. The molecule has 0 N–H and O–H groups in total. The zero-order valence-corrected chi connectivity index (χ0v) is 26.1. The first-order chi connectivity index (χ1) is 20.2. The predicted molar refractivity (Wildman–Crippen MR) is 137 cm³/mol. The lowest BCUT2D eigenvalue weighted by atomic mass is 10.5. The van der Waals surface area contributed by atoms with Gasteiger partial charge in [-0.15, -0.1) is 0 Å². The summed E-state index contributed by atoms with van der Waals surface area (Å²) in [5, 5.41) is 0. The number of hydrogen-bond acceptors (Lipinski definition) is 12. The molecule has 0 fully saturated rings. The zero-order valence-electron chi connectivity index (χ0n) is 23.8. The van der Waals surface area contributed by atoms with Gasteiger partial charge in [0, 0.05) is 36.5 Å². The summed E-state index contributed by atoms with van der Waals surface area (Å²) in [4.78, 5) is 61.6. The Kier molecular flexibility index (Phi) is 21.4. The van der Waals surface area contributed by atoms with Gasteiger partial charge in [0.25, 0.3) is 0 Å². The fraction of sp³-hybridized carbons (Fsp3) is 0.250. The fourth-order valence-electron chi connectivity index (χ4n) is 2.22. The number of allylic oxidation sites excluding steroid dienone is 12. The predicted octanol–water partition coefficient (Wildman–Crippen LogP) is 4.44. The average Bonchev–Trinajstić information content (AvgIpc) is 2.75. The van der Waals surface area contributed by atoms with Crippen LogP contribution < -0.4 is 0 Å². The van der Waals surface area contributed by atoms with Gasteiger partial charge in [0.1, 0.15) is 0 Å². The average molecular weight is 672 g/mol. The Morgan fingerprint density at radius 1 is 0.341 bits per heavy atom. The van der Waals surface area contributed by atoms with Crippen LogP contribution in [-0.2, 0) is 51.5 Å². The SMILES string of the molecule is C/C(=C/C(=O)F)[O][Al]([O]/C(C)=C\C(=O)F)[O]/C(C)=C\C(=O)F.C/C(=C/C(=O)F)[O][Al]([O]/C(C)=C\C(=O)F)[O]/C(C)=C\C(=O)F. The summed E-state index contributed by atoms with van der Waals surface area (Å²) < 4.78 is 103. The van der Waals surface area contributed by atoms with Gasteiger partial charge in [-0.25, -0.2) is 0 Å². The summed E-state index contributed by atoms with van der Waals surface area (Å²) in [5.74, 6) is -1.32. The summed E-state index contributed by atoms with van der Waals surface area (Å²) in [5.41, 5.74) is 0. The standard InChI is InChI=1S/6C4H5FO2.2Al/c6*1-3(6)2-4(5)7;;/h6*2,6H,1H3;;/q;;;;;;2*+3/p-6/b6*3-2-;;. The van der Waals surface area contributed by atoms with E-state index in [0.29, 0.717) is 36.5 Å². The molecular weight excluding hydrogens is 648 g/mol. The van der Waals surface area contributed by atoms with Gasteiger partial charge < -0.3 is 22.7 Å². The lowest BCUT2D eigenvalue weighted by Crippen LogP contribution is -2.26. The molecule has 0 aliphatic heterocycles. The highest BCUT2D eigenvalue weighted by Gasteiger charge is 2.45. The molecule has 0 bridgehead atoms. The molecule has 20 heteroatoms. The van der Waals surface area contributed by atoms with Crippen molar-refractivity contribution in [3.8, 4) is 0 Å². The van der Waals surface area contributed by atoms with Crippen molar-refractivity contribution in [3.63, 3.8) is 0 Å². The van der Waals surface area contributed by atoms with Crippen molar-refractivity contribution in [1.29, 1.82) is 0 Å². The topological polar surface area (TPSA) is 158 Å². The third-order valence-electron chi connectivity index (χ3n) is 3.59. The summed E-state index contributed by atoms with van der Waals surface area (Å²) >= 11 is -6.49. The molecule has 0 amide bonds. The van der Waals surface area contributed by atoms with E-state index < -0.39 is 66.5 Å². The second-order valence-corrected chi connectivity index (χ2v) is 10.2. The maximum Gasteiger partial charge on any atom is 1.20 e. The second kappa shape index (κ2) is 22.4. The molecule has 0 aromatic carbocycles. The third-order valence-corrected chi connectivity index (χ3v) is 6.98. The minimum atomic E-state index is -3.25. The smallest absolute Gasteiger partial charge is 0.580 e. The maximum absolute atomic E-state index is 12.2. The van der Waals surface area contributed by atoms with Crippen LogP contribution in [0, 0.1) is 0 Å². The highest BCUT2D eigenvalue weighted by Crippen LogP contribution is 2.13. The van der Waals surface area contributed by atoms with E-state index in [2.05, 4.69) is 0 Å². The molecule has 0 radical (unpaired) electrons. The number of halogens is 6. The Labute approximate surface area is 256 Å². The van der Waals surface area contributed by atoms with Gasteiger partial charge in [-0.3, -0.25) is 28.8 Å². The van der Waals surface area contributed by atoms with Crippen LogP contribution in [0.4, 0.5) is 26.3 Å². The molecule has 0 saturated carbocycles. The second-order valence-electron chi connectivity index (χ2n) is 7.64. The van der Waals surface area contributed by atoms with Crippen molar-refractivity contribution in [2.45, 2.75) is 41.5 Å². The Morgan fingerprint density at radius 3 is 0.545 bits per heavy atom. The summed E-state index contributed by atoms with van der Waals surface area (Å²) in [6.07, 6.45) is 2.95.